The molecular formula is C12H12F2N2O3. The van der Waals surface area contributed by atoms with Crippen LogP contribution in [0.25, 0.3) is 0 Å². The van der Waals surface area contributed by atoms with Crippen molar-refractivity contribution >= 4 is 17.6 Å². The van der Waals surface area contributed by atoms with Crippen molar-refractivity contribution in [1.29, 1.82) is 0 Å². The molecule has 1 N–H and O–H groups in total. The van der Waals surface area contributed by atoms with Gasteiger partial charge in [0, 0.05) is 0 Å². The first-order chi connectivity index (χ1) is 9.04. The average molecular weight is 270 g/mol. The third kappa shape index (κ3) is 2.49. The molecule has 0 aliphatic carbocycles. The van der Waals surface area contributed by atoms with Gasteiger partial charge in [0.05, 0.1) is 13.0 Å². The van der Waals surface area contributed by atoms with E-state index in [1.54, 1.807) is 6.92 Å². The van der Waals surface area contributed by atoms with Crippen LogP contribution in [0.1, 0.15) is 13.3 Å². The molecule has 0 bridgehead atoms. The van der Waals surface area contributed by atoms with E-state index in [-0.39, 0.29) is 13.0 Å². The van der Waals surface area contributed by atoms with Crippen molar-refractivity contribution in [2.75, 3.05) is 11.6 Å². The standard InChI is InChI=1S/C12H12F2N2O3/c1-2-19-12(18)9-6-10(17)15-16(9)11-7(13)4-3-5-8(11)14/h3-5,9H,2,6H2,1H3,(H,15,17). The lowest BCUT2D eigenvalue weighted by molar-refractivity contribution is -0.144. The molecule has 1 aromatic rings. The average Bonchev–Trinajstić information content (AvgIpc) is 2.71. The fourth-order valence-corrected chi connectivity index (χ4v) is 1.88. The van der Waals surface area contributed by atoms with Gasteiger partial charge in [0.2, 0.25) is 5.91 Å². The molecule has 5 nitrogen and oxygen atoms in total. The van der Waals surface area contributed by atoms with Crippen molar-refractivity contribution in [3.8, 4) is 0 Å². The molecule has 0 spiro atoms. The Morgan fingerprint density at radius 3 is 2.68 bits per heavy atom. The van der Waals surface area contributed by atoms with Crippen LogP contribution in [0.4, 0.5) is 14.5 Å². The van der Waals surface area contributed by atoms with Crippen molar-refractivity contribution < 1.29 is 23.1 Å². The second kappa shape index (κ2) is 5.21. The minimum atomic E-state index is -1.07. The lowest BCUT2D eigenvalue weighted by atomic mass is 10.2. The third-order valence-electron chi connectivity index (χ3n) is 2.67. The summed E-state index contributed by atoms with van der Waals surface area (Å²) in [6.07, 6.45) is -0.202. The molecule has 1 heterocycles. The lowest BCUT2D eigenvalue weighted by Crippen LogP contribution is -2.44. The molecule has 0 aromatic heterocycles. The minimum absolute atomic E-state index is 0.122. The number of benzene rings is 1. The van der Waals surface area contributed by atoms with E-state index in [1.165, 1.54) is 6.07 Å². The molecule has 19 heavy (non-hydrogen) atoms. The molecule has 7 heteroatoms. The molecule has 1 saturated heterocycles. The summed E-state index contributed by atoms with van der Waals surface area (Å²) in [7, 11) is 0. The maximum Gasteiger partial charge on any atom is 0.331 e. The van der Waals surface area contributed by atoms with Gasteiger partial charge in [-0.05, 0) is 19.1 Å². The zero-order valence-electron chi connectivity index (χ0n) is 10.2. The molecule has 1 atom stereocenters. The van der Waals surface area contributed by atoms with Crippen LogP contribution in [0.5, 0.6) is 0 Å². The number of hydrazine groups is 1. The van der Waals surface area contributed by atoms with Gasteiger partial charge in [-0.15, -0.1) is 0 Å². The van der Waals surface area contributed by atoms with Crippen molar-refractivity contribution in [1.82, 2.24) is 5.43 Å². The van der Waals surface area contributed by atoms with E-state index in [9.17, 15) is 18.4 Å². The highest BCUT2D eigenvalue weighted by Gasteiger charge is 2.39. The van der Waals surface area contributed by atoms with E-state index < -0.39 is 35.2 Å². The van der Waals surface area contributed by atoms with Gasteiger partial charge in [-0.2, -0.15) is 0 Å². The first kappa shape index (κ1) is 13.3. The Labute approximate surface area is 108 Å². The predicted octanol–water partition coefficient (Wildman–Crippen LogP) is 1.14. The fraction of sp³-hybridized carbons (Fsp3) is 0.333. The van der Waals surface area contributed by atoms with Gasteiger partial charge in [-0.25, -0.2) is 13.6 Å². The summed E-state index contributed by atoms with van der Waals surface area (Å²) in [5, 5.41) is 0.880. The van der Waals surface area contributed by atoms with Crippen LogP contribution in [0.15, 0.2) is 18.2 Å². The topological polar surface area (TPSA) is 58.6 Å². The first-order valence-electron chi connectivity index (χ1n) is 5.74. The predicted molar refractivity (Wildman–Crippen MR) is 62.0 cm³/mol. The molecule has 1 unspecified atom stereocenters. The molecule has 0 radical (unpaired) electrons. The van der Waals surface area contributed by atoms with Crippen LogP contribution in [0, 0.1) is 11.6 Å². The van der Waals surface area contributed by atoms with Crippen LogP contribution in [-0.4, -0.2) is 24.5 Å². The summed E-state index contributed by atoms with van der Waals surface area (Å²) in [5.41, 5.74) is 1.79. The Balaban J connectivity index is 2.36. The molecule has 2 rings (SSSR count). The Hall–Kier alpha value is -2.18. The molecule has 1 aliphatic rings. The number of hydrogen-bond donors (Lipinski definition) is 1. The van der Waals surface area contributed by atoms with E-state index in [0.717, 1.165) is 17.1 Å². The molecule has 102 valence electrons. The Kier molecular flexibility index (Phi) is 3.64. The summed E-state index contributed by atoms with van der Waals surface area (Å²) in [6.45, 7) is 1.73. The van der Waals surface area contributed by atoms with Gasteiger partial charge in [-0.3, -0.25) is 15.2 Å². The molecular weight excluding hydrogens is 258 g/mol. The number of carbonyl (C=O) groups excluding carboxylic acids is 2. The van der Waals surface area contributed by atoms with E-state index >= 15 is 0 Å². The van der Waals surface area contributed by atoms with Crippen molar-refractivity contribution in [2.45, 2.75) is 19.4 Å². The van der Waals surface area contributed by atoms with Crippen LogP contribution in [0.3, 0.4) is 0 Å². The van der Waals surface area contributed by atoms with E-state index in [2.05, 4.69) is 5.43 Å². The smallest absolute Gasteiger partial charge is 0.331 e. The van der Waals surface area contributed by atoms with Gasteiger partial charge in [-0.1, -0.05) is 6.07 Å². The van der Waals surface area contributed by atoms with Crippen LogP contribution in [0.2, 0.25) is 0 Å². The lowest BCUT2D eigenvalue weighted by Gasteiger charge is -2.24. The molecule has 1 aromatic carbocycles. The number of para-hydroxylation sites is 1. The summed E-state index contributed by atoms with van der Waals surface area (Å²) < 4.78 is 32.1. The van der Waals surface area contributed by atoms with Crippen molar-refractivity contribution in [2.24, 2.45) is 0 Å². The largest absolute Gasteiger partial charge is 0.464 e. The number of halogens is 2. The van der Waals surface area contributed by atoms with Crippen molar-refractivity contribution in [3.05, 3.63) is 29.8 Å². The maximum absolute atomic E-state index is 13.7. The molecule has 1 fully saturated rings. The highest BCUT2D eigenvalue weighted by Crippen LogP contribution is 2.27. The molecule has 1 aliphatic heterocycles. The number of rotatable bonds is 3. The Morgan fingerprint density at radius 1 is 1.47 bits per heavy atom. The monoisotopic (exact) mass is 270 g/mol. The highest BCUT2D eigenvalue weighted by molar-refractivity contribution is 5.93. The number of carbonyl (C=O) groups is 2. The van der Waals surface area contributed by atoms with Gasteiger partial charge < -0.3 is 4.74 Å². The van der Waals surface area contributed by atoms with Gasteiger partial charge in [0.15, 0.2) is 17.7 Å². The molecule has 1 amide bonds. The first-order valence-corrected chi connectivity index (χ1v) is 5.74. The number of hydrogen-bond acceptors (Lipinski definition) is 4. The number of amides is 1. The van der Waals surface area contributed by atoms with E-state index in [4.69, 9.17) is 4.74 Å². The van der Waals surface area contributed by atoms with Crippen LogP contribution < -0.4 is 10.4 Å². The second-order valence-electron chi connectivity index (χ2n) is 3.95. The van der Waals surface area contributed by atoms with Gasteiger partial charge in [0.1, 0.15) is 5.69 Å². The fourth-order valence-electron chi connectivity index (χ4n) is 1.88. The Morgan fingerprint density at radius 2 is 2.11 bits per heavy atom. The van der Waals surface area contributed by atoms with Crippen molar-refractivity contribution in [3.63, 3.8) is 0 Å². The third-order valence-corrected chi connectivity index (χ3v) is 2.67. The number of ether oxygens (including phenoxy) is 1. The quantitative estimate of drug-likeness (QED) is 0.837. The normalized spacial score (nSPS) is 18.4. The second-order valence-corrected chi connectivity index (χ2v) is 3.95. The van der Waals surface area contributed by atoms with Crippen LogP contribution in [-0.2, 0) is 14.3 Å². The summed E-state index contributed by atoms with van der Waals surface area (Å²) in [4.78, 5) is 23.1. The Bertz CT molecular complexity index is 501. The SMILES string of the molecule is CCOC(=O)C1CC(=O)NN1c1c(F)cccc1F. The number of anilines is 1. The number of esters is 1. The number of nitrogens with zero attached hydrogens (tertiary/aromatic N) is 1. The zero-order chi connectivity index (χ0) is 14.0. The molecule has 0 saturated carbocycles. The van der Waals surface area contributed by atoms with E-state index in [0.29, 0.717) is 0 Å². The zero-order valence-corrected chi connectivity index (χ0v) is 10.2. The summed E-state index contributed by atoms with van der Waals surface area (Å²) in [5.74, 6) is -2.93. The minimum Gasteiger partial charge on any atom is -0.464 e. The highest BCUT2D eigenvalue weighted by atomic mass is 19.1. The maximum atomic E-state index is 13.7. The van der Waals surface area contributed by atoms with Crippen LogP contribution >= 0.6 is 0 Å². The van der Waals surface area contributed by atoms with Gasteiger partial charge >= 0.3 is 5.97 Å². The summed E-state index contributed by atoms with van der Waals surface area (Å²) in [6, 6.07) is 2.22. The summed E-state index contributed by atoms with van der Waals surface area (Å²) >= 11 is 0. The van der Waals surface area contributed by atoms with Gasteiger partial charge in [0.25, 0.3) is 0 Å². The number of nitrogens with one attached hydrogen (secondary N) is 1. The van der Waals surface area contributed by atoms with E-state index in [1.807, 2.05) is 0 Å².